The fourth-order valence-corrected chi connectivity index (χ4v) is 2.91. The van der Waals surface area contributed by atoms with E-state index < -0.39 is 17.6 Å². The summed E-state index contributed by atoms with van der Waals surface area (Å²) >= 11 is 0. The second-order valence-corrected chi connectivity index (χ2v) is 5.54. The van der Waals surface area contributed by atoms with E-state index in [1.165, 1.54) is 6.07 Å². The second kappa shape index (κ2) is 5.04. The highest BCUT2D eigenvalue weighted by atomic mass is 19.4. The number of benzene rings is 1. The lowest BCUT2D eigenvalue weighted by molar-refractivity contribution is -0.187. The Hall–Kier alpha value is -1.23. The lowest BCUT2D eigenvalue weighted by atomic mass is 9.73. The van der Waals surface area contributed by atoms with E-state index in [0.29, 0.717) is 19.3 Å². The van der Waals surface area contributed by atoms with Gasteiger partial charge >= 0.3 is 6.18 Å². The quantitative estimate of drug-likeness (QED) is 0.867. The van der Waals surface area contributed by atoms with Gasteiger partial charge < -0.3 is 10.8 Å². The summed E-state index contributed by atoms with van der Waals surface area (Å²) in [6.07, 6.45) is -2.57. The molecule has 0 spiro atoms. The van der Waals surface area contributed by atoms with Crippen LogP contribution in [0.15, 0.2) is 24.3 Å². The molecule has 3 N–H and O–H groups in total. The van der Waals surface area contributed by atoms with Crippen molar-refractivity contribution >= 4 is 0 Å². The van der Waals surface area contributed by atoms with E-state index in [-0.39, 0.29) is 18.6 Å². The summed E-state index contributed by atoms with van der Waals surface area (Å²) < 4.78 is 38.4. The predicted molar refractivity (Wildman–Crippen MR) is 66.7 cm³/mol. The van der Waals surface area contributed by atoms with Crippen molar-refractivity contribution in [3.63, 3.8) is 0 Å². The monoisotopic (exact) mass is 273 g/mol. The third-order valence-corrected chi connectivity index (χ3v) is 3.81. The van der Waals surface area contributed by atoms with E-state index in [9.17, 15) is 18.3 Å². The Kier molecular flexibility index (Phi) is 3.76. The molecule has 2 unspecified atom stereocenters. The largest absolute Gasteiger partial charge is 0.508 e. The van der Waals surface area contributed by atoms with E-state index in [4.69, 9.17) is 5.73 Å². The Bertz CT molecular complexity index is 447. The summed E-state index contributed by atoms with van der Waals surface area (Å²) in [5.74, 6) is -1.19. The molecule has 1 fully saturated rings. The molecule has 19 heavy (non-hydrogen) atoms. The van der Waals surface area contributed by atoms with Gasteiger partial charge in [-0.2, -0.15) is 13.2 Å². The van der Waals surface area contributed by atoms with Gasteiger partial charge in [0.2, 0.25) is 0 Å². The maximum atomic E-state index is 12.8. The van der Waals surface area contributed by atoms with Crippen LogP contribution in [0.1, 0.15) is 31.2 Å². The number of phenolic OH excluding ortho intramolecular Hbond substituents is 1. The summed E-state index contributed by atoms with van der Waals surface area (Å²) in [6.45, 7) is 0. The number of alkyl halides is 3. The highest BCUT2D eigenvalue weighted by Gasteiger charge is 2.46. The van der Waals surface area contributed by atoms with Crippen molar-refractivity contribution < 1.29 is 18.3 Å². The highest BCUT2D eigenvalue weighted by molar-refractivity contribution is 5.28. The van der Waals surface area contributed by atoms with Crippen LogP contribution in [0.25, 0.3) is 0 Å². The molecule has 5 heteroatoms. The Labute approximate surface area is 110 Å². The standard InChI is InChI=1S/C14H18F3NO/c15-14(16,17)11-4-2-6-13(18,9-11)8-10-3-1-5-12(19)7-10/h1,3,5,7,11,19H,2,4,6,8-9,18H2. The third kappa shape index (κ3) is 3.62. The van der Waals surface area contributed by atoms with Crippen LogP contribution in [0, 0.1) is 5.92 Å². The van der Waals surface area contributed by atoms with Crippen LogP contribution in [0.3, 0.4) is 0 Å². The van der Waals surface area contributed by atoms with Crippen molar-refractivity contribution in [3.8, 4) is 5.75 Å². The minimum atomic E-state index is -4.16. The van der Waals surface area contributed by atoms with Gasteiger partial charge in [-0.1, -0.05) is 18.6 Å². The van der Waals surface area contributed by atoms with Crippen LogP contribution in [-0.4, -0.2) is 16.8 Å². The molecular weight excluding hydrogens is 255 g/mol. The van der Waals surface area contributed by atoms with Crippen molar-refractivity contribution in [2.24, 2.45) is 11.7 Å². The number of rotatable bonds is 2. The third-order valence-electron chi connectivity index (χ3n) is 3.81. The molecule has 1 aliphatic carbocycles. The van der Waals surface area contributed by atoms with Gasteiger partial charge in [0.05, 0.1) is 5.92 Å². The SMILES string of the molecule is NC1(Cc2cccc(O)c2)CCCC(C(F)(F)F)C1. The number of halogens is 3. The number of hydrogen-bond donors (Lipinski definition) is 2. The zero-order valence-electron chi connectivity index (χ0n) is 10.6. The molecular formula is C14H18F3NO. The first-order chi connectivity index (χ1) is 8.78. The van der Waals surface area contributed by atoms with Gasteiger partial charge in [0, 0.05) is 5.54 Å². The van der Waals surface area contributed by atoms with Gasteiger partial charge in [-0.3, -0.25) is 0 Å². The maximum absolute atomic E-state index is 12.8. The summed E-state index contributed by atoms with van der Waals surface area (Å²) in [4.78, 5) is 0. The highest BCUT2D eigenvalue weighted by Crippen LogP contribution is 2.41. The fourth-order valence-electron chi connectivity index (χ4n) is 2.91. The average molecular weight is 273 g/mol. The summed E-state index contributed by atoms with van der Waals surface area (Å²) in [5.41, 5.74) is 6.10. The van der Waals surface area contributed by atoms with E-state index in [0.717, 1.165) is 5.56 Å². The average Bonchev–Trinajstić information content (AvgIpc) is 2.27. The zero-order chi connectivity index (χ0) is 14.1. The molecule has 0 saturated heterocycles. The summed E-state index contributed by atoms with van der Waals surface area (Å²) in [7, 11) is 0. The minimum Gasteiger partial charge on any atom is -0.508 e. The minimum absolute atomic E-state index is 0.0356. The van der Waals surface area contributed by atoms with Gasteiger partial charge in [-0.25, -0.2) is 0 Å². The molecule has 1 saturated carbocycles. The molecule has 0 heterocycles. The Morgan fingerprint density at radius 3 is 2.74 bits per heavy atom. The topological polar surface area (TPSA) is 46.2 Å². The molecule has 2 atom stereocenters. The van der Waals surface area contributed by atoms with Crippen LogP contribution in [0.2, 0.25) is 0 Å². The van der Waals surface area contributed by atoms with E-state index in [2.05, 4.69) is 0 Å². The molecule has 1 aliphatic rings. The first-order valence-corrected chi connectivity index (χ1v) is 6.42. The van der Waals surface area contributed by atoms with E-state index in [1.54, 1.807) is 18.2 Å². The van der Waals surface area contributed by atoms with E-state index >= 15 is 0 Å². The molecule has 0 aliphatic heterocycles. The first kappa shape index (κ1) is 14.2. The lowest BCUT2D eigenvalue weighted by Gasteiger charge is -2.39. The van der Waals surface area contributed by atoms with Crippen LogP contribution in [0.4, 0.5) is 13.2 Å². The molecule has 0 aromatic heterocycles. The van der Waals surface area contributed by atoms with Crippen molar-refractivity contribution in [2.75, 3.05) is 0 Å². The normalized spacial score (nSPS) is 28.3. The van der Waals surface area contributed by atoms with Gasteiger partial charge in [0.25, 0.3) is 0 Å². The van der Waals surface area contributed by atoms with Crippen LogP contribution < -0.4 is 5.73 Å². The number of hydrogen-bond acceptors (Lipinski definition) is 2. The van der Waals surface area contributed by atoms with Crippen LogP contribution >= 0.6 is 0 Å². The zero-order valence-corrected chi connectivity index (χ0v) is 10.6. The maximum Gasteiger partial charge on any atom is 0.391 e. The van der Waals surface area contributed by atoms with Crippen LogP contribution in [0.5, 0.6) is 5.75 Å². The van der Waals surface area contributed by atoms with Gasteiger partial charge in [-0.05, 0) is 43.4 Å². The molecule has 0 amide bonds. The molecule has 0 bridgehead atoms. The molecule has 1 aromatic rings. The Morgan fingerprint density at radius 1 is 1.37 bits per heavy atom. The molecule has 1 aromatic carbocycles. The van der Waals surface area contributed by atoms with Crippen molar-refractivity contribution in [1.82, 2.24) is 0 Å². The Balaban J connectivity index is 2.10. The molecule has 2 nitrogen and oxygen atoms in total. The summed E-state index contributed by atoms with van der Waals surface area (Å²) in [6, 6.07) is 6.56. The van der Waals surface area contributed by atoms with Gasteiger partial charge in [-0.15, -0.1) is 0 Å². The smallest absolute Gasteiger partial charge is 0.391 e. The Morgan fingerprint density at radius 2 is 2.11 bits per heavy atom. The number of aromatic hydroxyl groups is 1. The summed E-state index contributed by atoms with van der Waals surface area (Å²) in [5, 5.41) is 9.39. The first-order valence-electron chi connectivity index (χ1n) is 6.42. The van der Waals surface area contributed by atoms with E-state index in [1.807, 2.05) is 0 Å². The fraction of sp³-hybridized carbons (Fsp3) is 0.571. The van der Waals surface area contributed by atoms with Crippen molar-refractivity contribution in [2.45, 2.75) is 43.8 Å². The van der Waals surface area contributed by atoms with Crippen LogP contribution in [-0.2, 0) is 6.42 Å². The van der Waals surface area contributed by atoms with Crippen molar-refractivity contribution in [1.29, 1.82) is 0 Å². The predicted octanol–water partition coefficient (Wildman–Crippen LogP) is 3.38. The molecule has 2 rings (SSSR count). The molecule has 106 valence electrons. The van der Waals surface area contributed by atoms with Gasteiger partial charge in [0.15, 0.2) is 0 Å². The number of phenols is 1. The van der Waals surface area contributed by atoms with Gasteiger partial charge in [0.1, 0.15) is 5.75 Å². The molecule has 0 radical (unpaired) electrons. The number of nitrogens with two attached hydrogens (primary N) is 1. The second-order valence-electron chi connectivity index (χ2n) is 5.54. The van der Waals surface area contributed by atoms with Crippen molar-refractivity contribution in [3.05, 3.63) is 29.8 Å². The lowest BCUT2D eigenvalue weighted by Crippen LogP contribution is -2.48.